The molecule has 1 aromatic carbocycles. The molecule has 0 aliphatic rings. The molecule has 130 valence electrons. The summed E-state index contributed by atoms with van der Waals surface area (Å²) in [5, 5.41) is 12.7. The van der Waals surface area contributed by atoms with Gasteiger partial charge in [-0.1, -0.05) is 54.6 Å². The Morgan fingerprint density at radius 2 is 2.20 bits per heavy atom. The van der Waals surface area contributed by atoms with Gasteiger partial charge in [-0.2, -0.15) is 0 Å². The summed E-state index contributed by atoms with van der Waals surface area (Å²) in [7, 11) is 0. The molecule has 0 unspecified atom stereocenters. The van der Waals surface area contributed by atoms with E-state index in [0.717, 1.165) is 15.8 Å². The Balaban J connectivity index is 1.70. The topological polar surface area (TPSA) is 77.0 Å². The third-order valence-electron chi connectivity index (χ3n) is 3.03. The van der Waals surface area contributed by atoms with Crippen molar-refractivity contribution in [3.05, 3.63) is 35.5 Å². The van der Waals surface area contributed by atoms with Gasteiger partial charge in [-0.15, -0.1) is 10.2 Å². The molecule has 0 spiro atoms. The highest BCUT2D eigenvalue weighted by atomic mass is 35.5. The van der Waals surface area contributed by atoms with Crippen LogP contribution in [0.2, 0.25) is 5.02 Å². The normalized spacial score (nSPS) is 11.0. The average Bonchev–Trinajstić information content (AvgIpc) is 3.00. The number of pyridine rings is 1. The maximum Gasteiger partial charge on any atom is 0.413 e. The molecular weight excluding hydrogens is 380 g/mol. The number of hydrogen-bond acceptors (Lipinski definition) is 7. The van der Waals surface area contributed by atoms with Crippen molar-refractivity contribution in [3.8, 4) is 0 Å². The number of benzene rings is 1. The van der Waals surface area contributed by atoms with Gasteiger partial charge in [0.05, 0.1) is 12.1 Å². The molecule has 0 bridgehead atoms. The van der Waals surface area contributed by atoms with E-state index >= 15 is 0 Å². The van der Waals surface area contributed by atoms with Crippen LogP contribution in [0, 0.1) is 5.92 Å². The maximum atomic E-state index is 11.7. The fraction of sp³-hybridized carbons (Fsp3) is 0.250. The summed E-state index contributed by atoms with van der Waals surface area (Å²) in [5.74, 6) is 0.278. The van der Waals surface area contributed by atoms with Crippen LogP contribution in [0.3, 0.4) is 0 Å². The fourth-order valence-corrected chi connectivity index (χ4v) is 3.93. The van der Waals surface area contributed by atoms with Crippen molar-refractivity contribution in [3.63, 3.8) is 0 Å². The van der Waals surface area contributed by atoms with E-state index in [1.54, 1.807) is 6.20 Å². The number of anilines is 1. The number of carbonyl (C=O) groups is 1. The van der Waals surface area contributed by atoms with Crippen molar-refractivity contribution in [2.24, 2.45) is 5.92 Å². The van der Waals surface area contributed by atoms with Crippen LogP contribution in [0.1, 0.15) is 13.8 Å². The van der Waals surface area contributed by atoms with Gasteiger partial charge < -0.3 is 4.74 Å². The molecule has 3 rings (SSSR count). The van der Waals surface area contributed by atoms with Crippen LogP contribution in [0.5, 0.6) is 0 Å². The van der Waals surface area contributed by atoms with Gasteiger partial charge in [0.15, 0.2) is 4.34 Å². The number of hydrogen-bond donors (Lipinski definition) is 1. The van der Waals surface area contributed by atoms with E-state index in [1.165, 1.54) is 23.1 Å². The summed E-state index contributed by atoms with van der Waals surface area (Å²) in [6.07, 6.45) is 1.20. The Morgan fingerprint density at radius 3 is 3.00 bits per heavy atom. The van der Waals surface area contributed by atoms with Gasteiger partial charge >= 0.3 is 6.09 Å². The van der Waals surface area contributed by atoms with Crippen molar-refractivity contribution in [1.29, 1.82) is 0 Å². The molecule has 0 aliphatic carbocycles. The van der Waals surface area contributed by atoms with Gasteiger partial charge in [0.2, 0.25) is 5.13 Å². The van der Waals surface area contributed by atoms with E-state index in [0.29, 0.717) is 21.1 Å². The molecule has 0 saturated carbocycles. The number of carbonyl (C=O) groups excluding carboxylic acids is 1. The smallest absolute Gasteiger partial charge is 0.413 e. The molecule has 25 heavy (non-hydrogen) atoms. The molecule has 0 aliphatic heterocycles. The zero-order valence-corrected chi connectivity index (χ0v) is 15.9. The molecule has 2 heterocycles. The van der Waals surface area contributed by atoms with E-state index in [-0.39, 0.29) is 5.92 Å². The number of rotatable bonds is 5. The fourth-order valence-electron chi connectivity index (χ4n) is 1.95. The number of nitrogens with one attached hydrogen (secondary N) is 1. The first kappa shape index (κ1) is 17.9. The summed E-state index contributed by atoms with van der Waals surface area (Å²) in [6.45, 7) is 4.30. The summed E-state index contributed by atoms with van der Waals surface area (Å²) < 4.78 is 5.77. The lowest BCUT2D eigenvalue weighted by Crippen LogP contribution is -2.16. The Hall–Kier alpha value is -1.90. The van der Waals surface area contributed by atoms with Crippen molar-refractivity contribution >= 4 is 56.8 Å². The Labute approximate surface area is 158 Å². The van der Waals surface area contributed by atoms with Crippen LogP contribution in [-0.2, 0) is 4.74 Å². The van der Waals surface area contributed by atoms with E-state index in [2.05, 4.69) is 20.5 Å². The summed E-state index contributed by atoms with van der Waals surface area (Å²) in [4.78, 5) is 17.0. The SMILES string of the molecule is CC(C)COC(=O)Nc1nnc(Sc2ccnc3cc(Cl)ccc23)s1. The van der Waals surface area contributed by atoms with Crippen molar-refractivity contribution in [1.82, 2.24) is 15.2 Å². The number of ether oxygens (including phenoxy) is 1. The first-order valence-electron chi connectivity index (χ1n) is 7.50. The van der Waals surface area contributed by atoms with Crippen LogP contribution in [0.25, 0.3) is 10.9 Å². The lowest BCUT2D eigenvalue weighted by atomic mass is 10.2. The Kier molecular flexibility index (Phi) is 5.72. The van der Waals surface area contributed by atoms with Crippen molar-refractivity contribution in [2.45, 2.75) is 23.1 Å². The first-order chi connectivity index (χ1) is 12.0. The zero-order chi connectivity index (χ0) is 17.8. The highest BCUT2D eigenvalue weighted by molar-refractivity contribution is 8.01. The van der Waals surface area contributed by atoms with Crippen molar-refractivity contribution < 1.29 is 9.53 Å². The molecule has 2 aromatic heterocycles. The average molecular weight is 395 g/mol. The van der Waals surface area contributed by atoms with Crippen molar-refractivity contribution in [2.75, 3.05) is 11.9 Å². The predicted molar refractivity (Wildman–Crippen MR) is 101 cm³/mol. The van der Waals surface area contributed by atoms with Crippen LogP contribution >= 0.6 is 34.7 Å². The Morgan fingerprint density at radius 1 is 1.36 bits per heavy atom. The number of amides is 1. The van der Waals surface area contributed by atoms with Gasteiger partial charge in [0, 0.05) is 21.5 Å². The number of nitrogens with zero attached hydrogens (tertiary/aromatic N) is 3. The van der Waals surface area contributed by atoms with Gasteiger partial charge in [0.25, 0.3) is 0 Å². The van der Waals surface area contributed by atoms with Gasteiger partial charge in [-0.05, 0) is 24.1 Å². The quantitative estimate of drug-likeness (QED) is 0.607. The summed E-state index contributed by atoms with van der Waals surface area (Å²) in [6, 6.07) is 7.48. The van der Waals surface area contributed by atoms with Gasteiger partial charge in [0.1, 0.15) is 0 Å². The zero-order valence-electron chi connectivity index (χ0n) is 13.5. The highest BCUT2D eigenvalue weighted by Crippen LogP contribution is 2.36. The third-order valence-corrected chi connectivity index (χ3v) is 5.23. The van der Waals surface area contributed by atoms with Crippen LogP contribution < -0.4 is 5.32 Å². The van der Waals surface area contributed by atoms with Gasteiger partial charge in [-0.3, -0.25) is 10.3 Å². The van der Waals surface area contributed by atoms with Crippen LogP contribution in [0.15, 0.2) is 39.7 Å². The van der Waals surface area contributed by atoms with Crippen LogP contribution in [-0.4, -0.2) is 27.9 Å². The summed E-state index contributed by atoms with van der Waals surface area (Å²) >= 11 is 8.75. The first-order valence-corrected chi connectivity index (χ1v) is 9.52. The molecule has 9 heteroatoms. The molecule has 6 nitrogen and oxygen atoms in total. The van der Waals surface area contributed by atoms with E-state index < -0.39 is 6.09 Å². The highest BCUT2D eigenvalue weighted by Gasteiger charge is 2.12. The van der Waals surface area contributed by atoms with E-state index in [9.17, 15) is 4.79 Å². The largest absolute Gasteiger partial charge is 0.449 e. The molecule has 0 atom stereocenters. The third kappa shape index (κ3) is 4.81. The lowest BCUT2D eigenvalue weighted by Gasteiger charge is -2.06. The molecule has 0 radical (unpaired) electrons. The molecular formula is C16H15ClN4O2S2. The second kappa shape index (κ2) is 7.99. The molecule has 1 amide bonds. The minimum atomic E-state index is -0.523. The molecule has 3 aromatic rings. The second-order valence-corrected chi connectivity index (χ2v) is 8.27. The second-order valence-electron chi connectivity index (χ2n) is 5.56. The maximum absolute atomic E-state index is 11.7. The number of fused-ring (bicyclic) bond motifs is 1. The van der Waals surface area contributed by atoms with Crippen LogP contribution in [0.4, 0.5) is 9.93 Å². The standard InChI is InChI=1S/C16H15ClN4O2S2/c1-9(2)8-23-15(22)19-14-20-21-16(25-14)24-13-5-6-18-12-7-10(17)3-4-11(12)13/h3-7,9H,8H2,1-2H3,(H,19,20,22). The predicted octanol–water partition coefficient (Wildman–Crippen LogP) is 5.10. The Bertz CT molecular complexity index is 901. The molecule has 0 fully saturated rings. The molecule has 0 saturated heterocycles. The monoisotopic (exact) mass is 394 g/mol. The number of halogens is 1. The summed E-state index contributed by atoms with van der Waals surface area (Å²) in [5.41, 5.74) is 0.817. The van der Waals surface area contributed by atoms with Gasteiger partial charge in [-0.25, -0.2) is 4.79 Å². The minimum Gasteiger partial charge on any atom is -0.449 e. The van der Waals surface area contributed by atoms with E-state index in [1.807, 2.05) is 38.1 Å². The van der Waals surface area contributed by atoms with E-state index in [4.69, 9.17) is 16.3 Å². The molecule has 1 N–H and O–H groups in total. The number of aromatic nitrogens is 3. The minimum absolute atomic E-state index is 0.278. The lowest BCUT2D eigenvalue weighted by molar-refractivity contribution is 0.147.